The lowest BCUT2D eigenvalue weighted by atomic mass is 9.76. The van der Waals surface area contributed by atoms with Crippen LogP contribution in [0.3, 0.4) is 0 Å². The van der Waals surface area contributed by atoms with Crippen molar-refractivity contribution in [1.29, 1.82) is 0 Å². The second kappa shape index (κ2) is 3.54. The van der Waals surface area contributed by atoms with Gasteiger partial charge in [-0.2, -0.15) is 0 Å². The Hall–Kier alpha value is -1.41. The molecule has 1 saturated heterocycles. The molecule has 2 bridgehead atoms. The van der Waals surface area contributed by atoms with Crippen molar-refractivity contribution in [2.24, 2.45) is 11.8 Å². The SMILES string of the molecule is C[C@@H]1C(=O)[C@H](C)[C@@H]2C=C[C@@]1(c1ccccc1)O2. The predicted octanol–water partition coefficient (Wildman–Crippen LogP) is 2.69. The highest BCUT2D eigenvalue weighted by Crippen LogP contribution is 2.47. The van der Waals surface area contributed by atoms with Crippen molar-refractivity contribution in [3.8, 4) is 0 Å². The van der Waals surface area contributed by atoms with Gasteiger partial charge in [0.15, 0.2) is 0 Å². The first-order valence-electron chi connectivity index (χ1n) is 6.11. The number of fused-ring (bicyclic) bond motifs is 2. The van der Waals surface area contributed by atoms with Gasteiger partial charge in [-0.1, -0.05) is 50.3 Å². The Morgan fingerprint density at radius 3 is 2.59 bits per heavy atom. The van der Waals surface area contributed by atoms with Crippen molar-refractivity contribution in [3.05, 3.63) is 48.0 Å². The minimum Gasteiger partial charge on any atom is -0.357 e. The summed E-state index contributed by atoms with van der Waals surface area (Å²) in [5.74, 6) is 0.158. The number of hydrogen-bond donors (Lipinski definition) is 0. The normalized spacial score (nSPS) is 39.6. The number of ketones is 1. The summed E-state index contributed by atoms with van der Waals surface area (Å²) in [6, 6.07) is 10.0. The van der Waals surface area contributed by atoms with Crippen molar-refractivity contribution in [2.45, 2.75) is 25.6 Å². The van der Waals surface area contributed by atoms with Crippen LogP contribution in [0.5, 0.6) is 0 Å². The van der Waals surface area contributed by atoms with E-state index < -0.39 is 5.60 Å². The van der Waals surface area contributed by atoms with Crippen LogP contribution in [-0.2, 0) is 15.1 Å². The van der Waals surface area contributed by atoms with Crippen molar-refractivity contribution in [3.63, 3.8) is 0 Å². The van der Waals surface area contributed by atoms with E-state index in [0.29, 0.717) is 5.78 Å². The topological polar surface area (TPSA) is 26.3 Å². The minimum atomic E-state index is -0.532. The third-order valence-corrected chi connectivity index (χ3v) is 4.10. The van der Waals surface area contributed by atoms with Crippen LogP contribution in [0.1, 0.15) is 19.4 Å². The molecule has 17 heavy (non-hydrogen) atoms. The van der Waals surface area contributed by atoms with E-state index in [1.54, 1.807) is 0 Å². The summed E-state index contributed by atoms with van der Waals surface area (Å²) in [6.07, 6.45) is 4.05. The van der Waals surface area contributed by atoms with Gasteiger partial charge in [0.05, 0.1) is 12.0 Å². The number of ether oxygens (including phenoxy) is 1. The van der Waals surface area contributed by atoms with Crippen LogP contribution >= 0.6 is 0 Å². The van der Waals surface area contributed by atoms with Crippen LogP contribution in [0.2, 0.25) is 0 Å². The van der Waals surface area contributed by atoms with Gasteiger partial charge in [0, 0.05) is 5.92 Å². The van der Waals surface area contributed by atoms with Gasteiger partial charge in [0.2, 0.25) is 0 Å². The molecule has 1 aromatic carbocycles. The molecule has 0 radical (unpaired) electrons. The summed E-state index contributed by atoms with van der Waals surface area (Å²) in [5.41, 5.74) is 0.543. The van der Waals surface area contributed by atoms with Crippen LogP contribution in [0, 0.1) is 11.8 Å². The van der Waals surface area contributed by atoms with E-state index in [2.05, 4.69) is 6.08 Å². The van der Waals surface area contributed by atoms with Crippen molar-refractivity contribution in [1.82, 2.24) is 0 Å². The molecular formula is C15H16O2. The molecule has 2 heteroatoms. The summed E-state index contributed by atoms with van der Waals surface area (Å²) in [5, 5.41) is 0. The van der Waals surface area contributed by atoms with Gasteiger partial charge < -0.3 is 4.74 Å². The number of carbonyl (C=O) groups excluding carboxylic acids is 1. The first-order chi connectivity index (χ1) is 8.15. The fraction of sp³-hybridized carbons (Fsp3) is 0.400. The summed E-state index contributed by atoms with van der Waals surface area (Å²) < 4.78 is 6.13. The fourth-order valence-electron chi connectivity index (χ4n) is 2.94. The van der Waals surface area contributed by atoms with Crippen LogP contribution in [0.15, 0.2) is 42.5 Å². The zero-order valence-electron chi connectivity index (χ0n) is 10.1. The van der Waals surface area contributed by atoms with Crippen molar-refractivity contribution >= 4 is 5.78 Å². The van der Waals surface area contributed by atoms with Crippen molar-refractivity contribution < 1.29 is 9.53 Å². The second-order valence-electron chi connectivity index (χ2n) is 5.01. The first-order valence-corrected chi connectivity index (χ1v) is 6.11. The number of rotatable bonds is 1. The molecule has 2 aliphatic rings. The molecule has 2 nitrogen and oxygen atoms in total. The second-order valence-corrected chi connectivity index (χ2v) is 5.01. The maximum absolute atomic E-state index is 12.2. The van der Waals surface area contributed by atoms with Gasteiger partial charge >= 0.3 is 0 Å². The maximum atomic E-state index is 12.2. The number of hydrogen-bond acceptors (Lipinski definition) is 2. The number of benzene rings is 1. The van der Waals surface area contributed by atoms with Crippen LogP contribution in [0.4, 0.5) is 0 Å². The molecule has 0 saturated carbocycles. The monoisotopic (exact) mass is 228 g/mol. The molecular weight excluding hydrogens is 212 g/mol. The molecule has 0 unspecified atom stereocenters. The molecule has 4 atom stereocenters. The van der Waals surface area contributed by atoms with Gasteiger partial charge in [-0.05, 0) is 11.6 Å². The highest BCUT2D eigenvalue weighted by molar-refractivity contribution is 5.87. The molecule has 1 aromatic rings. The van der Waals surface area contributed by atoms with E-state index in [4.69, 9.17) is 4.74 Å². The zero-order chi connectivity index (χ0) is 12.0. The average molecular weight is 228 g/mol. The fourth-order valence-corrected chi connectivity index (χ4v) is 2.94. The lowest BCUT2D eigenvalue weighted by Gasteiger charge is -2.41. The third kappa shape index (κ3) is 1.34. The van der Waals surface area contributed by atoms with Crippen LogP contribution < -0.4 is 0 Å². The molecule has 88 valence electrons. The Morgan fingerprint density at radius 2 is 1.88 bits per heavy atom. The smallest absolute Gasteiger partial charge is 0.144 e. The van der Waals surface area contributed by atoms with Gasteiger partial charge in [0.1, 0.15) is 11.4 Å². The molecule has 2 heterocycles. The summed E-state index contributed by atoms with van der Waals surface area (Å²) in [4.78, 5) is 12.2. The molecule has 0 aromatic heterocycles. The predicted molar refractivity (Wildman–Crippen MR) is 65.5 cm³/mol. The Bertz CT molecular complexity index is 477. The van der Waals surface area contributed by atoms with E-state index in [1.807, 2.05) is 50.3 Å². The molecule has 0 aliphatic carbocycles. The first kappa shape index (κ1) is 10.7. The average Bonchev–Trinajstić information content (AvgIpc) is 2.79. The lowest BCUT2D eigenvalue weighted by molar-refractivity contribution is -0.160. The highest BCUT2D eigenvalue weighted by atomic mass is 16.5. The number of Topliss-reactive ketones (excluding diaryl/α,β-unsaturated/α-hetero) is 1. The molecule has 0 amide bonds. The largest absolute Gasteiger partial charge is 0.357 e. The molecule has 1 fully saturated rings. The number of carbonyl (C=O) groups is 1. The van der Waals surface area contributed by atoms with E-state index in [0.717, 1.165) is 5.56 Å². The highest BCUT2D eigenvalue weighted by Gasteiger charge is 2.52. The molecule has 0 N–H and O–H groups in total. The maximum Gasteiger partial charge on any atom is 0.144 e. The Labute approximate surface area is 101 Å². The van der Waals surface area contributed by atoms with Gasteiger partial charge in [-0.15, -0.1) is 0 Å². The van der Waals surface area contributed by atoms with E-state index in [1.165, 1.54) is 0 Å². The van der Waals surface area contributed by atoms with E-state index >= 15 is 0 Å². The molecule has 0 spiro atoms. The van der Waals surface area contributed by atoms with Gasteiger partial charge in [-0.3, -0.25) is 4.79 Å². The Kier molecular flexibility index (Phi) is 2.23. The van der Waals surface area contributed by atoms with Crippen LogP contribution in [0.25, 0.3) is 0 Å². The van der Waals surface area contributed by atoms with Gasteiger partial charge in [0.25, 0.3) is 0 Å². The molecule has 2 aliphatic heterocycles. The van der Waals surface area contributed by atoms with Gasteiger partial charge in [-0.25, -0.2) is 0 Å². The summed E-state index contributed by atoms with van der Waals surface area (Å²) >= 11 is 0. The summed E-state index contributed by atoms with van der Waals surface area (Å²) in [7, 11) is 0. The zero-order valence-corrected chi connectivity index (χ0v) is 10.1. The minimum absolute atomic E-state index is 0.0272. The Balaban J connectivity index is 2.10. The standard InChI is InChI=1S/C15H16O2/c1-10-13-8-9-15(17-13,11(2)14(10)16)12-6-4-3-5-7-12/h3-11,13H,1-2H3/t10-,11-,13+,15-/m1/s1. The summed E-state index contributed by atoms with van der Waals surface area (Å²) in [6.45, 7) is 3.92. The van der Waals surface area contributed by atoms with Crippen LogP contribution in [-0.4, -0.2) is 11.9 Å². The Morgan fingerprint density at radius 1 is 1.18 bits per heavy atom. The lowest BCUT2D eigenvalue weighted by Crippen LogP contribution is -2.48. The van der Waals surface area contributed by atoms with Crippen molar-refractivity contribution in [2.75, 3.05) is 0 Å². The molecule has 3 rings (SSSR count). The quantitative estimate of drug-likeness (QED) is 0.691. The van der Waals surface area contributed by atoms with E-state index in [-0.39, 0.29) is 17.9 Å². The van der Waals surface area contributed by atoms with E-state index in [9.17, 15) is 4.79 Å². The third-order valence-electron chi connectivity index (χ3n) is 4.10.